The van der Waals surface area contributed by atoms with Gasteiger partial charge in [0.15, 0.2) is 0 Å². The van der Waals surface area contributed by atoms with Crippen LogP contribution in [0.15, 0.2) is 24.3 Å². The van der Waals surface area contributed by atoms with E-state index in [0.29, 0.717) is 11.3 Å². The molecule has 116 valence electrons. The maximum atomic E-state index is 12.2. The number of nitrogens with one attached hydrogen (secondary N) is 1. The first kappa shape index (κ1) is 17.4. The van der Waals surface area contributed by atoms with Gasteiger partial charge in [0, 0.05) is 24.5 Å². The van der Waals surface area contributed by atoms with Gasteiger partial charge in [-0.3, -0.25) is 4.79 Å². The van der Waals surface area contributed by atoms with Gasteiger partial charge in [0.1, 0.15) is 0 Å². The molecule has 0 aliphatic heterocycles. The Labute approximate surface area is 129 Å². The molecule has 1 rings (SSSR count). The Balaban J connectivity index is 2.63. The van der Waals surface area contributed by atoms with Crippen molar-refractivity contribution in [2.45, 2.75) is 25.8 Å². The molecule has 0 spiro atoms. The Morgan fingerprint density at radius 2 is 1.95 bits per heavy atom. The Morgan fingerprint density at radius 1 is 1.33 bits per heavy atom. The van der Waals surface area contributed by atoms with Crippen molar-refractivity contribution in [3.8, 4) is 0 Å². The van der Waals surface area contributed by atoms with Gasteiger partial charge in [-0.2, -0.15) is 11.8 Å². The number of carbonyl (C=O) groups is 2. The Hall–Kier alpha value is -1.69. The van der Waals surface area contributed by atoms with Crippen LogP contribution in [-0.2, 0) is 11.2 Å². The minimum Gasteiger partial charge on any atom is -0.481 e. The van der Waals surface area contributed by atoms with Gasteiger partial charge < -0.3 is 15.3 Å². The highest BCUT2D eigenvalue weighted by Crippen LogP contribution is 2.13. The molecule has 1 aromatic carbocycles. The summed E-state index contributed by atoms with van der Waals surface area (Å²) in [4.78, 5) is 24.5. The molecule has 5 nitrogen and oxygen atoms in total. The number of thioether (sulfide) groups is 1. The molecule has 6 heteroatoms. The Morgan fingerprint density at radius 3 is 2.43 bits per heavy atom. The standard InChI is InChI=1S/C15H22N2O3S/c1-4-13(10-21-3)17(2)15(20)16-12-7-5-11(6-8-12)9-14(18)19/h5-8,13H,4,9-10H2,1-3H3,(H,16,20)(H,18,19). The molecule has 1 atom stereocenters. The summed E-state index contributed by atoms with van der Waals surface area (Å²) in [5.41, 5.74) is 1.38. The largest absolute Gasteiger partial charge is 0.481 e. The van der Waals surface area contributed by atoms with Gasteiger partial charge in [-0.05, 0) is 30.4 Å². The molecule has 0 radical (unpaired) electrons. The number of carboxylic acids is 1. The summed E-state index contributed by atoms with van der Waals surface area (Å²) < 4.78 is 0. The third-order valence-electron chi connectivity index (χ3n) is 3.26. The highest BCUT2D eigenvalue weighted by molar-refractivity contribution is 7.98. The van der Waals surface area contributed by atoms with Crippen molar-refractivity contribution in [2.24, 2.45) is 0 Å². The van der Waals surface area contributed by atoms with E-state index in [9.17, 15) is 9.59 Å². The number of carboxylic acid groups (broad SMARTS) is 1. The fourth-order valence-corrected chi connectivity index (χ4v) is 2.80. The molecule has 2 N–H and O–H groups in total. The SMILES string of the molecule is CCC(CSC)N(C)C(=O)Nc1ccc(CC(=O)O)cc1. The summed E-state index contributed by atoms with van der Waals surface area (Å²) in [6.45, 7) is 2.06. The van der Waals surface area contributed by atoms with Gasteiger partial charge in [-0.1, -0.05) is 19.1 Å². The van der Waals surface area contributed by atoms with Crippen LogP contribution in [0.3, 0.4) is 0 Å². The Bertz CT molecular complexity index is 476. The molecule has 0 fully saturated rings. The topological polar surface area (TPSA) is 69.6 Å². The lowest BCUT2D eigenvalue weighted by molar-refractivity contribution is -0.136. The average Bonchev–Trinajstić information content (AvgIpc) is 2.45. The third kappa shape index (κ3) is 5.67. The van der Waals surface area contributed by atoms with Crippen LogP contribution in [-0.4, -0.2) is 47.1 Å². The van der Waals surface area contributed by atoms with Crippen LogP contribution in [0.5, 0.6) is 0 Å². The van der Waals surface area contributed by atoms with E-state index in [4.69, 9.17) is 5.11 Å². The van der Waals surface area contributed by atoms with E-state index >= 15 is 0 Å². The van der Waals surface area contributed by atoms with Gasteiger partial charge in [0.05, 0.1) is 6.42 Å². The highest BCUT2D eigenvalue weighted by Gasteiger charge is 2.17. The van der Waals surface area contributed by atoms with Gasteiger partial charge >= 0.3 is 12.0 Å². The zero-order valence-corrected chi connectivity index (χ0v) is 13.4. The molecule has 0 aliphatic carbocycles. The van der Waals surface area contributed by atoms with Crippen LogP contribution in [0.2, 0.25) is 0 Å². The molecular weight excluding hydrogens is 288 g/mol. The lowest BCUT2D eigenvalue weighted by Gasteiger charge is -2.27. The molecule has 0 saturated heterocycles. The van der Waals surface area contributed by atoms with Crippen molar-refractivity contribution < 1.29 is 14.7 Å². The van der Waals surface area contributed by atoms with Crippen LogP contribution in [0.4, 0.5) is 10.5 Å². The van der Waals surface area contributed by atoms with E-state index in [0.717, 1.165) is 12.2 Å². The van der Waals surface area contributed by atoms with Crippen LogP contribution >= 0.6 is 11.8 Å². The monoisotopic (exact) mass is 310 g/mol. The summed E-state index contributed by atoms with van der Waals surface area (Å²) >= 11 is 1.72. The lowest BCUT2D eigenvalue weighted by Crippen LogP contribution is -2.41. The third-order valence-corrected chi connectivity index (χ3v) is 3.98. The Kier molecular flexibility index (Phi) is 7.08. The number of hydrogen-bond acceptors (Lipinski definition) is 3. The number of anilines is 1. The van der Waals surface area contributed by atoms with Crippen molar-refractivity contribution in [2.75, 3.05) is 24.4 Å². The maximum absolute atomic E-state index is 12.2. The minimum atomic E-state index is -0.866. The zero-order chi connectivity index (χ0) is 15.8. The lowest BCUT2D eigenvalue weighted by atomic mass is 10.1. The second kappa shape index (κ2) is 8.56. The summed E-state index contributed by atoms with van der Waals surface area (Å²) in [5.74, 6) is 0.0344. The molecule has 1 aromatic rings. The quantitative estimate of drug-likeness (QED) is 0.812. The summed E-state index contributed by atoms with van der Waals surface area (Å²) in [5, 5.41) is 11.5. The highest BCUT2D eigenvalue weighted by atomic mass is 32.2. The molecule has 0 saturated carbocycles. The smallest absolute Gasteiger partial charge is 0.321 e. The molecule has 0 bridgehead atoms. The van der Waals surface area contributed by atoms with E-state index < -0.39 is 5.97 Å². The van der Waals surface area contributed by atoms with Crippen LogP contribution in [0, 0.1) is 0 Å². The number of nitrogens with zero attached hydrogens (tertiary/aromatic N) is 1. The molecule has 0 aromatic heterocycles. The van der Waals surface area contributed by atoms with Gasteiger partial charge in [0.25, 0.3) is 0 Å². The molecule has 1 unspecified atom stereocenters. The fourth-order valence-electron chi connectivity index (χ4n) is 1.95. The van der Waals surface area contributed by atoms with E-state index in [-0.39, 0.29) is 18.5 Å². The van der Waals surface area contributed by atoms with Crippen molar-refractivity contribution in [1.82, 2.24) is 4.90 Å². The number of aliphatic carboxylic acids is 1. The second-order valence-electron chi connectivity index (χ2n) is 4.83. The van der Waals surface area contributed by atoms with Gasteiger partial charge in [-0.25, -0.2) is 4.79 Å². The number of urea groups is 1. The van der Waals surface area contributed by atoms with Crippen molar-refractivity contribution >= 4 is 29.4 Å². The summed E-state index contributed by atoms with van der Waals surface area (Å²) in [6, 6.07) is 6.92. The predicted octanol–water partition coefficient (Wildman–Crippen LogP) is 2.92. The molecule has 0 aliphatic rings. The first-order valence-corrected chi connectivity index (χ1v) is 8.20. The minimum absolute atomic E-state index is 0.0141. The molecule has 2 amide bonds. The first-order valence-electron chi connectivity index (χ1n) is 6.81. The van der Waals surface area contributed by atoms with Crippen molar-refractivity contribution in [3.05, 3.63) is 29.8 Å². The zero-order valence-electron chi connectivity index (χ0n) is 12.6. The number of carbonyl (C=O) groups excluding carboxylic acids is 1. The van der Waals surface area contributed by atoms with E-state index in [1.54, 1.807) is 48.0 Å². The van der Waals surface area contributed by atoms with Gasteiger partial charge in [-0.15, -0.1) is 0 Å². The van der Waals surface area contributed by atoms with Crippen molar-refractivity contribution in [3.63, 3.8) is 0 Å². The van der Waals surface area contributed by atoms with E-state index in [1.165, 1.54) is 0 Å². The van der Waals surface area contributed by atoms with Crippen LogP contribution < -0.4 is 5.32 Å². The normalized spacial score (nSPS) is 11.8. The number of hydrogen-bond donors (Lipinski definition) is 2. The number of benzene rings is 1. The first-order chi connectivity index (χ1) is 9.97. The molecule has 0 heterocycles. The van der Waals surface area contributed by atoms with E-state index in [1.807, 2.05) is 6.26 Å². The number of rotatable bonds is 7. The van der Waals surface area contributed by atoms with Gasteiger partial charge in [0.2, 0.25) is 0 Å². The van der Waals surface area contributed by atoms with Crippen molar-refractivity contribution in [1.29, 1.82) is 0 Å². The fraction of sp³-hybridized carbons (Fsp3) is 0.467. The predicted molar refractivity (Wildman–Crippen MR) is 87.0 cm³/mol. The summed E-state index contributed by atoms with van der Waals surface area (Å²) in [6.07, 6.45) is 2.91. The van der Waals surface area contributed by atoms with Crippen LogP contribution in [0.25, 0.3) is 0 Å². The molecule has 21 heavy (non-hydrogen) atoms. The summed E-state index contributed by atoms with van der Waals surface area (Å²) in [7, 11) is 1.79. The maximum Gasteiger partial charge on any atom is 0.321 e. The average molecular weight is 310 g/mol. The van der Waals surface area contributed by atoms with E-state index in [2.05, 4.69) is 12.2 Å². The van der Waals surface area contributed by atoms with Crippen LogP contribution in [0.1, 0.15) is 18.9 Å². The second-order valence-corrected chi connectivity index (χ2v) is 5.74. The molecular formula is C15H22N2O3S. The number of amides is 2.